The first-order chi connectivity index (χ1) is 6.57. The lowest BCUT2D eigenvalue weighted by molar-refractivity contribution is 0.389. The first kappa shape index (κ1) is 10.9. The van der Waals surface area contributed by atoms with E-state index >= 15 is 0 Å². The number of aromatic nitrogens is 2. The van der Waals surface area contributed by atoms with Gasteiger partial charge in [0.25, 0.3) is 0 Å². The fraction of sp³-hybridized carbons (Fsp3) is 0.600. The SMILES string of the molecule is COc1ncnc([C@@H](N)C(C)C)c1C. The maximum Gasteiger partial charge on any atom is 0.219 e. The molecule has 14 heavy (non-hydrogen) atoms. The van der Waals surface area contributed by atoms with Crippen molar-refractivity contribution < 1.29 is 4.74 Å². The molecule has 0 saturated carbocycles. The van der Waals surface area contributed by atoms with E-state index in [0.717, 1.165) is 11.3 Å². The maximum absolute atomic E-state index is 6.02. The van der Waals surface area contributed by atoms with Gasteiger partial charge in [-0.2, -0.15) is 0 Å². The fourth-order valence-corrected chi connectivity index (χ4v) is 1.30. The molecule has 0 aliphatic carbocycles. The molecule has 1 aromatic heterocycles. The van der Waals surface area contributed by atoms with E-state index in [9.17, 15) is 0 Å². The third-order valence-corrected chi connectivity index (χ3v) is 2.30. The second-order valence-corrected chi connectivity index (χ2v) is 3.66. The highest BCUT2D eigenvalue weighted by Gasteiger charge is 2.17. The highest BCUT2D eigenvalue weighted by Crippen LogP contribution is 2.24. The second-order valence-electron chi connectivity index (χ2n) is 3.66. The normalized spacial score (nSPS) is 13.0. The molecule has 0 saturated heterocycles. The van der Waals surface area contributed by atoms with Crippen molar-refractivity contribution in [1.82, 2.24) is 9.97 Å². The van der Waals surface area contributed by atoms with Crippen molar-refractivity contribution in [3.63, 3.8) is 0 Å². The van der Waals surface area contributed by atoms with Crippen LogP contribution in [0.15, 0.2) is 6.33 Å². The molecular weight excluding hydrogens is 178 g/mol. The van der Waals surface area contributed by atoms with Crippen LogP contribution in [0.4, 0.5) is 0 Å². The summed E-state index contributed by atoms with van der Waals surface area (Å²) in [5.74, 6) is 0.958. The minimum absolute atomic E-state index is 0.0631. The van der Waals surface area contributed by atoms with Crippen LogP contribution in [0.1, 0.15) is 31.1 Å². The Kier molecular flexibility index (Phi) is 3.41. The summed E-state index contributed by atoms with van der Waals surface area (Å²) in [7, 11) is 1.60. The molecule has 0 radical (unpaired) electrons. The smallest absolute Gasteiger partial charge is 0.219 e. The molecule has 0 aromatic carbocycles. The summed E-state index contributed by atoms with van der Waals surface area (Å²) in [5, 5.41) is 0. The summed E-state index contributed by atoms with van der Waals surface area (Å²) in [6.45, 7) is 6.06. The molecule has 1 atom stereocenters. The standard InChI is InChI=1S/C10H17N3O/c1-6(2)8(11)9-7(3)10(14-4)13-5-12-9/h5-6,8H,11H2,1-4H3/t8-/m0/s1. The quantitative estimate of drug-likeness (QED) is 0.793. The average Bonchev–Trinajstić information content (AvgIpc) is 2.17. The Hall–Kier alpha value is -1.16. The molecule has 2 N–H and O–H groups in total. The van der Waals surface area contributed by atoms with Crippen molar-refractivity contribution in [2.24, 2.45) is 11.7 Å². The van der Waals surface area contributed by atoms with E-state index in [0.29, 0.717) is 11.8 Å². The van der Waals surface area contributed by atoms with E-state index in [1.54, 1.807) is 7.11 Å². The van der Waals surface area contributed by atoms with Crippen LogP contribution in [0.3, 0.4) is 0 Å². The van der Waals surface area contributed by atoms with Crippen LogP contribution in [0.5, 0.6) is 5.88 Å². The molecule has 1 aromatic rings. The van der Waals surface area contributed by atoms with Crippen molar-refractivity contribution in [1.29, 1.82) is 0 Å². The van der Waals surface area contributed by atoms with Gasteiger partial charge in [0.2, 0.25) is 5.88 Å². The first-order valence-electron chi connectivity index (χ1n) is 4.69. The molecule has 4 nitrogen and oxygen atoms in total. The molecule has 0 bridgehead atoms. The highest BCUT2D eigenvalue weighted by atomic mass is 16.5. The van der Waals surface area contributed by atoms with Crippen LogP contribution >= 0.6 is 0 Å². The first-order valence-corrected chi connectivity index (χ1v) is 4.69. The zero-order valence-electron chi connectivity index (χ0n) is 9.11. The number of nitrogens with zero attached hydrogens (tertiary/aromatic N) is 2. The summed E-state index contributed by atoms with van der Waals surface area (Å²) in [6.07, 6.45) is 1.49. The lowest BCUT2D eigenvalue weighted by Gasteiger charge is -2.17. The molecule has 0 aliphatic heterocycles. The van der Waals surface area contributed by atoms with Crippen molar-refractivity contribution in [3.05, 3.63) is 17.6 Å². The van der Waals surface area contributed by atoms with E-state index in [4.69, 9.17) is 10.5 Å². The number of rotatable bonds is 3. The topological polar surface area (TPSA) is 61.0 Å². The van der Waals surface area contributed by atoms with Crippen LogP contribution in [-0.2, 0) is 0 Å². The third kappa shape index (κ3) is 2.01. The average molecular weight is 195 g/mol. The van der Waals surface area contributed by atoms with Crippen LogP contribution in [0.2, 0.25) is 0 Å². The summed E-state index contributed by atoms with van der Waals surface area (Å²) >= 11 is 0. The summed E-state index contributed by atoms with van der Waals surface area (Å²) in [4.78, 5) is 8.20. The molecular formula is C10H17N3O. The van der Waals surface area contributed by atoms with Crippen LogP contribution in [0.25, 0.3) is 0 Å². The van der Waals surface area contributed by atoms with Gasteiger partial charge in [-0.15, -0.1) is 0 Å². The molecule has 0 fully saturated rings. The number of nitrogens with two attached hydrogens (primary N) is 1. The molecule has 1 rings (SSSR count). The van der Waals surface area contributed by atoms with E-state index in [1.807, 2.05) is 6.92 Å². The Morgan fingerprint density at radius 1 is 1.36 bits per heavy atom. The van der Waals surface area contributed by atoms with Gasteiger partial charge < -0.3 is 10.5 Å². The lowest BCUT2D eigenvalue weighted by Crippen LogP contribution is -2.19. The fourth-order valence-electron chi connectivity index (χ4n) is 1.30. The van der Waals surface area contributed by atoms with E-state index in [1.165, 1.54) is 6.33 Å². The van der Waals surface area contributed by atoms with Crippen molar-refractivity contribution in [3.8, 4) is 5.88 Å². The Bertz CT molecular complexity index is 312. The lowest BCUT2D eigenvalue weighted by atomic mass is 9.99. The predicted octanol–water partition coefficient (Wildman–Crippen LogP) is 1.45. The van der Waals surface area contributed by atoms with Crippen molar-refractivity contribution >= 4 is 0 Å². The highest BCUT2D eigenvalue weighted by molar-refractivity contribution is 5.30. The molecule has 1 heterocycles. The largest absolute Gasteiger partial charge is 0.481 e. The van der Waals surface area contributed by atoms with E-state index in [-0.39, 0.29) is 6.04 Å². The zero-order chi connectivity index (χ0) is 10.7. The molecule has 78 valence electrons. The molecule has 0 aliphatic rings. The van der Waals surface area contributed by atoms with Crippen LogP contribution < -0.4 is 10.5 Å². The number of methoxy groups -OCH3 is 1. The Labute approximate surface area is 84.5 Å². The Morgan fingerprint density at radius 3 is 2.50 bits per heavy atom. The van der Waals surface area contributed by atoms with Gasteiger partial charge in [-0.05, 0) is 12.8 Å². The van der Waals surface area contributed by atoms with Crippen molar-refractivity contribution in [2.45, 2.75) is 26.8 Å². The molecule has 4 heteroatoms. The summed E-state index contributed by atoms with van der Waals surface area (Å²) in [5.41, 5.74) is 7.81. The van der Waals surface area contributed by atoms with Gasteiger partial charge in [-0.25, -0.2) is 9.97 Å². The van der Waals surface area contributed by atoms with E-state index in [2.05, 4.69) is 23.8 Å². The predicted molar refractivity (Wildman–Crippen MR) is 55.1 cm³/mol. The van der Waals surface area contributed by atoms with Gasteiger partial charge in [0.1, 0.15) is 6.33 Å². The van der Waals surface area contributed by atoms with E-state index < -0.39 is 0 Å². The third-order valence-electron chi connectivity index (χ3n) is 2.30. The number of hydrogen-bond acceptors (Lipinski definition) is 4. The van der Waals surface area contributed by atoms with Gasteiger partial charge in [0.15, 0.2) is 0 Å². The van der Waals surface area contributed by atoms with Gasteiger partial charge >= 0.3 is 0 Å². The van der Waals surface area contributed by atoms with Gasteiger partial charge in [-0.1, -0.05) is 13.8 Å². The summed E-state index contributed by atoms with van der Waals surface area (Å²) in [6, 6.07) is -0.0631. The molecule has 0 spiro atoms. The number of ether oxygens (including phenoxy) is 1. The summed E-state index contributed by atoms with van der Waals surface area (Å²) < 4.78 is 5.11. The monoisotopic (exact) mass is 195 g/mol. The van der Waals surface area contributed by atoms with Gasteiger partial charge in [-0.3, -0.25) is 0 Å². The second kappa shape index (κ2) is 4.37. The zero-order valence-corrected chi connectivity index (χ0v) is 9.11. The molecule has 0 amide bonds. The minimum atomic E-state index is -0.0631. The molecule has 0 unspecified atom stereocenters. The van der Waals surface area contributed by atoms with Gasteiger partial charge in [0, 0.05) is 11.6 Å². The van der Waals surface area contributed by atoms with Crippen molar-refractivity contribution in [2.75, 3.05) is 7.11 Å². The minimum Gasteiger partial charge on any atom is -0.481 e. The van der Waals surface area contributed by atoms with Crippen LogP contribution in [-0.4, -0.2) is 17.1 Å². The van der Waals surface area contributed by atoms with Crippen LogP contribution in [0, 0.1) is 12.8 Å². The maximum atomic E-state index is 6.02. The van der Waals surface area contributed by atoms with Gasteiger partial charge in [0.05, 0.1) is 12.8 Å². The number of hydrogen-bond donors (Lipinski definition) is 1. The Balaban J connectivity index is 3.09. The Morgan fingerprint density at radius 2 is 2.00 bits per heavy atom.